The third-order valence-corrected chi connectivity index (χ3v) is 5.40. The minimum absolute atomic E-state index is 0.0197. The van der Waals surface area contributed by atoms with Crippen LogP contribution in [0.3, 0.4) is 0 Å². The summed E-state index contributed by atoms with van der Waals surface area (Å²) in [6, 6.07) is 16.5. The summed E-state index contributed by atoms with van der Waals surface area (Å²) >= 11 is 0. The summed E-state index contributed by atoms with van der Waals surface area (Å²) in [6.07, 6.45) is 1.56. The summed E-state index contributed by atoms with van der Waals surface area (Å²) < 4.78 is 3.42. The highest BCUT2D eigenvalue weighted by Gasteiger charge is 2.23. The Morgan fingerprint density at radius 1 is 1.03 bits per heavy atom. The fourth-order valence-corrected chi connectivity index (χ4v) is 3.88. The van der Waals surface area contributed by atoms with E-state index in [2.05, 4.69) is 20.3 Å². The number of pyridine rings is 1. The van der Waals surface area contributed by atoms with Crippen molar-refractivity contribution >= 4 is 11.6 Å². The molecule has 0 radical (unpaired) electrons. The molecule has 10 nitrogen and oxygen atoms in total. The first-order valence-corrected chi connectivity index (χ1v) is 10.3. The highest BCUT2D eigenvalue weighted by Crippen LogP contribution is 2.34. The molecule has 0 atom stereocenters. The predicted molar refractivity (Wildman–Crippen MR) is 122 cm³/mol. The van der Waals surface area contributed by atoms with Crippen LogP contribution in [0.2, 0.25) is 0 Å². The number of nitrogen functional groups attached to an aromatic ring is 1. The Labute approximate surface area is 188 Å². The van der Waals surface area contributed by atoms with E-state index >= 15 is 0 Å². The zero-order chi connectivity index (χ0) is 23.1. The van der Waals surface area contributed by atoms with Crippen molar-refractivity contribution in [1.29, 1.82) is 0 Å². The number of nitrogens with zero attached hydrogens (tertiary/aromatic N) is 7. The molecule has 0 bridgehead atoms. The molecule has 0 unspecified atom stereocenters. The summed E-state index contributed by atoms with van der Waals surface area (Å²) in [7, 11) is 0. The van der Waals surface area contributed by atoms with Gasteiger partial charge in [0.2, 0.25) is 5.95 Å². The Kier molecular flexibility index (Phi) is 4.82. The first kappa shape index (κ1) is 20.3. The molecule has 1 aromatic carbocycles. The number of fused-ring (bicyclic) bond motifs is 1. The van der Waals surface area contributed by atoms with Gasteiger partial charge in [-0.1, -0.05) is 30.3 Å². The molecule has 0 fully saturated rings. The standard InChI is InChI=1S/C23H20N8O2/c1-14-11-17(12-15(2)31(14)33)19-20(16-7-4-3-5-8-16)26-22(24)30-21(19)28-29(23(30)32)13-18-9-6-10-25-27-18/h3-12H,13H2,1-2H3,(H2,24,26). The SMILES string of the molecule is Cc1cc(-c2c(-c3ccccc3)nc(N)n3c(=O)n(Cc4cccnn4)nc23)cc(C)[n+]1[O-]. The smallest absolute Gasteiger partial charge is 0.353 e. The van der Waals surface area contributed by atoms with Crippen molar-refractivity contribution in [2.45, 2.75) is 20.4 Å². The number of aromatic nitrogens is 7. The lowest BCUT2D eigenvalue weighted by Crippen LogP contribution is -2.33. The van der Waals surface area contributed by atoms with Gasteiger partial charge in [0.25, 0.3) is 0 Å². The molecule has 0 spiro atoms. The number of aryl methyl sites for hydroxylation is 2. The van der Waals surface area contributed by atoms with Crippen LogP contribution < -0.4 is 16.2 Å². The lowest BCUT2D eigenvalue weighted by molar-refractivity contribution is -0.619. The van der Waals surface area contributed by atoms with Crippen LogP contribution in [-0.2, 0) is 6.54 Å². The van der Waals surface area contributed by atoms with Gasteiger partial charge in [-0.25, -0.2) is 18.9 Å². The van der Waals surface area contributed by atoms with E-state index in [0.29, 0.717) is 39.5 Å². The van der Waals surface area contributed by atoms with Gasteiger partial charge < -0.3 is 10.9 Å². The molecule has 4 heterocycles. The van der Waals surface area contributed by atoms with E-state index < -0.39 is 5.69 Å². The number of hydrogen-bond donors (Lipinski definition) is 1. The molecule has 164 valence electrons. The second-order valence-electron chi connectivity index (χ2n) is 7.70. The molecule has 5 aromatic rings. The lowest BCUT2D eigenvalue weighted by Gasteiger charge is -2.13. The topological polar surface area (TPSA) is 131 Å². The summed E-state index contributed by atoms with van der Waals surface area (Å²) in [5.41, 5.74) is 10.5. The van der Waals surface area contributed by atoms with E-state index in [1.54, 1.807) is 44.3 Å². The van der Waals surface area contributed by atoms with Crippen LogP contribution in [-0.4, -0.2) is 29.4 Å². The molecule has 33 heavy (non-hydrogen) atoms. The maximum absolute atomic E-state index is 13.2. The van der Waals surface area contributed by atoms with Gasteiger partial charge >= 0.3 is 5.69 Å². The lowest BCUT2D eigenvalue weighted by atomic mass is 9.99. The second-order valence-corrected chi connectivity index (χ2v) is 7.70. The van der Waals surface area contributed by atoms with Crippen LogP contribution in [0.1, 0.15) is 17.1 Å². The summed E-state index contributed by atoms with van der Waals surface area (Å²) in [4.78, 5) is 17.8. The van der Waals surface area contributed by atoms with Crippen molar-refractivity contribution < 1.29 is 4.73 Å². The first-order chi connectivity index (χ1) is 15.9. The van der Waals surface area contributed by atoms with Gasteiger partial charge in [0, 0.05) is 43.3 Å². The molecular formula is C23H20N8O2. The maximum Gasteiger partial charge on any atom is 0.353 e. The monoisotopic (exact) mass is 440 g/mol. The van der Waals surface area contributed by atoms with Crippen molar-refractivity contribution in [1.82, 2.24) is 29.4 Å². The van der Waals surface area contributed by atoms with Gasteiger partial charge in [-0.05, 0) is 12.1 Å². The van der Waals surface area contributed by atoms with Crippen LogP contribution in [0.4, 0.5) is 5.95 Å². The number of anilines is 1. The van der Waals surface area contributed by atoms with E-state index in [4.69, 9.17) is 5.73 Å². The Morgan fingerprint density at radius 2 is 1.76 bits per heavy atom. The van der Waals surface area contributed by atoms with Crippen LogP contribution in [0.5, 0.6) is 0 Å². The van der Waals surface area contributed by atoms with Crippen LogP contribution >= 0.6 is 0 Å². The van der Waals surface area contributed by atoms with Gasteiger partial charge in [0.15, 0.2) is 17.0 Å². The molecule has 0 aliphatic heterocycles. The number of nitrogens with two attached hydrogens (primary N) is 1. The first-order valence-electron chi connectivity index (χ1n) is 10.3. The van der Waals surface area contributed by atoms with Crippen LogP contribution in [0, 0.1) is 19.1 Å². The van der Waals surface area contributed by atoms with E-state index in [1.165, 1.54) is 9.08 Å². The van der Waals surface area contributed by atoms with Crippen molar-refractivity contribution in [3.05, 3.63) is 93.6 Å². The fourth-order valence-electron chi connectivity index (χ4n) is 3.88. The summed E-state index contributed by atoms with van der Waals surface area (Å²) in [6.45, 7) is 3.58. The molecule has 0 saturated heterocycles. The van der Waals surface area contributed by atoms with Gasteiger partial charge in [-0.15, -0.1) is 5.10 Å². The third-order valence-electron chi connectivity index (χ3n) is 5.40. The number of hydrogen-bond acceptors (Lipinski definition) is 7. The van der Waals surface area contributed by atoms with Crippen molar-refractivity contribution in [2.75, 3.05) is 5.73 Å². The molecule has 0 saturated carbocycles. The second kappa shape index (κ2) is 7.83. The Bertz CT molecular complexity index is 1520. The average Bonchev–Trinajstić information content (AvgIpc) is 3.14. The minimum Gasteiger partial charge on any atom is -0.618 e. The average molecular weight is 440 g/mol. The molecule has 2 N–H and O–H groups in total. The van der Waals surface area contributed by atoms with E-state index in [-0.39, 0.29) is 12.5 Å². The fraction of sp³-hybridized carbons (Fsp3) is 0.130. The maximum atomic E-state index is 13.2. The van der Waals surface area contributed by atoms with Gasteiger partial charge in [0.05, 0.1) is 23.5 Å². The van der Waals surface area contributed by atoms with E-state index in [9.17, 15) is 10.0 Å². The molecule has 5 rings (SSSR count). The summed E-state index contributed by atoms with van der Waals surface area (Å²) in [5, 5.41) is 24.8. The van der Waals surface area contributed by atoms with Crippen molar-refractivity contribution in [3.63, 3.8) is 0 Å². The molecule has 4 aromatic heterocycles. The molecule has 0 amide bonds. The highest BCUT2D eigenvalue weighted by molar-refractivity contribution is 5.90. The van der Waals surface area contributed by atoms with Gasteiger partial charge in [-0.2, -0.15) is 14.9 Å². The van der Waals surface area contributed by atoms with Crippen LogP contribution in [0.25, 0.3) is 28.0 Å². The third kappa shape index (κ3) is 3.47. The zero-order valence-corrected chi connectivity index (χ0v) is 18.0. The molecule has 0 aliphatic rings. The molecule has 0 aliphatic carbocycles. The van der Waals surface area contributed by atoms with Gasteiger partial charge in [-0.3, -0.25) is 0 Å². The number of rotatable bonds is 4. The van der Waals surface area contributed by atoms with E-state index in [1.807, 2.05) is 30.3 Å². The molecular weight excluding hydrogens is 420 g/mol. The normalized spacial score (nSPS) is 11.2. The zero-order valence-electron chi connectivity index (χ0n) is 18.0. The Balaban J connectivity index is 1.84. The molecule has 10 heteroatoms. The predicted octanol–water partition coefficient (Wildman–Crippen LogP) is 1.90. The summed E-state index contributed by atoms with van der Waals surface area (Å²) in [5.74, 6) is 0.0197. The quantitative estimate of drug-likeness (QED) is 0.333. The Hall–Kier alpha value is -4.60. The van der Waals surface area contributed by atoms with Crippen molar-refractivity contribution in [2.24, 2.45) is 0 Å². The highest BCUT2D eigenvalue weighted by atomic mass is 16.5. The number of benzene rings is 1. The minimum atomic E-state index is -0.440. The largest absolute Gasteiger partial charge is 0.618 e. The van der Waals surface area contributed by atoms with Crippen LogP contribution in [0.15, 0.2) is 65.6 Å². The van der Waals surface area contributed by atoms with Crippen molar-refractivity contribution in [3.8, 4) is 22.4 Å². The van der Waals surface area contributed by atoms with E-state index in [0.717, 1.165) is 10.3 Å². The van der Waals surface area contributed by atoms with Gasteiger partial charge in [0.1, 0.15) is 0 Å². The Morgan fingerprint density at radius 3 is 2.42 bits per heavy atom.